The Labute approximate surface area is 107 Å². The molecule has 0 spiro atoms. The SMILES string of the molecule is CCN(CC1CCC1)C1CCCCCCC1N. The summed E-state index contributed by atoms with van der Waals surface area (Å²) in [6.07, 6.45) is 12.5. The number of likely N-dealkylation sites (N-methyl/N-ethyl adjacent to an activating group) is 1. The molecule has 2 unspecified atom stereocenters. The first-order valence-electron chi connectivity index (χ1n) is 7.81. The number of nitrogens with zero attached hydrogens (tertiary/aromatic N) is 1. The van der Waals surface area contributed by atoms with Gasteiger partial charge in [-0.3, -0.25) is 4.90 Å². The Morgan fingerprint density at radius 3 is 2.24 bits per heavy atom. The topological polar surface area (TPSA) is 29.3 Å². The van der Waals surface area contributed by atoms with Gasteiger partial charge in [-0.05, 0) is 38.1 Å². The van der Waals surface area contributed by atoms with E-state index in [4.69, 9.17) is 5.73 Å². The average molecular weight is 238 g/mol. The highest BCUT2D eigenvalue weighted by atomic mass is 15.2. The molecule has 0 bridgehead atoms. The highest BCUT2D eigenvalue weighted by molar-refractivity contribution is 4.85. The highest BCUT2D eigenvalue weighted by Crippen LogP contribution is 2.29. The van der Waals surface area contributed by atoms with Crippen LogP contribution in [0.1, 0.15) is 64.7 Å². The number of rotatable bonds is 4. The van der Waals surface area contributed by atoms with Crippen LogP contribution >= 0.6 is 0 Å². The fourth-order valence-electron chi connectivity index (χ4n) is 3.45. The molecule has 0 radical (unpaired) electrons. The Morgan fingerprint density at radius 1 is 0.941 bits per heavy atom. The van der Waals surface area contributed by atoms with Crippen LogP contribution in [0.25, 0.3) is 0 Å². The Hall–Kier alpha value is -0.0800. The van der Waals surface area contributed by atoms with Gasteiger partial charge in [-0.2, -0.15) is 0 Å². The lowest BCUT2D eigenvalue weighted by Gasteiger charge is -2.40. The van der Waals surface area contributed by atoms with Gasteiger partial charge in [-0.15, -0.1) is 0 Å². The van der Waals surface area contributed by atoms with Crippen LogP contribution in [0, 0.1) is 5.92 Å². The molecule has 2 nitrogen and oxygen atoms in total. The number of hydrogen-bond donors (Lipinski definition) is 1. The van der Waals surface area contributed by atoms with Crippen molar-refractivity contribution in [2.75, 3.05) is 13.1 Å². The van der Waals surface area contributed by atoms with Crippen LogP contribution in [0.5, 0.6) is 0 Å². The van der Waals surface area contributed by atoms with Crippen molar-refractivity contribution in [1.82, 2.24) is 4.90 Å². The molecule has 0 aromatic carbocycles. The molecule has 2 heteroatoms. The van der Waals surface area contributed by atoms with E-state index >= 15 is 0 Å². The minimum atomic E-state index is 0.426. The van der Waals surface area contributed by atoms with Crippen molar-refractivity contribution in [1.29, 1.82) is 0 Å². The Balaban J connectivity index is 1.88. The first kappa shape index (κ1) is 13.4. The Kier molecular flexibility index (Phi) is 5.30. The van der Waals surface area contributed by atoms with Gasteiger partial charge >= 0.3 is 0 Å². The molecule has 2 saturated carbocycles. The third kappa shape index (κ3) is 3.69. The van der Waals surface area contributed by atoms with Gasteiger partial charge in [0, 0.05) is 18.6 Å². The van der Waals surface area contributed by atoms with Crippen LogP contribution in [0.15, 0.2) is 0 Å². The highest BCUT2D eigenvalue weighted by Gasteiger charge is 2.28. The van der Waals surface area contributed by atoms with E-state index in [0.29, 0.717) is 12.1 Å². The van der Waals surface area contributed by atoms with Crippen molar-refractivity contribution in [2.45, 2.75) is 76.8 Å². The fourth-order valence-corrected chi connectivity index (χ4v) is 3.45. The summed E-state index contributed by atoms with van der Waals surface area (Å²) < 4.78 is 0. The Bertz CT molecular complexity index is 213. The number of hydrogen-bond acceptors (Lipinski definition) is 2. The minimum absolute atomic E-state index is 0.426. The molecular formula is C15H30N2. The zero-order valence-electron chi connectivity index (χ0n) is 11.5. The standard InChI is InChI=1S/C15H30N2/c1-2-17(12-13-8-7-9-13)15-11-6-4-3-5-10-14(15)16/h13-15H,2-12,16H2,1H3. The van der Waals surface area contributed by atoms with Gasteiger partial charge in [0.25, 0.3) is 0 Å². The third-order valence-corrected chi connectivity index (χ3v) is 4.87. The van der Waals surface area contributed by atoms with Crippen molar-refractivity contribution < 1.29 is 0 Å². The van der Waals surface area contributed by atoms with Crippen LogP contribution in [-0.4, -0.2) is 30.1 Å². The van der Waals surface area contributed by atoms with Gasteiger partial charge < -0.3 is 5.73 Å². The maximum Gasteiger partial charge on any atom is 0.0247 e. The van der Waals surface area contributed by atoms with Gasteiger partial charge in [0.2, 0.25) is 0 Å². The summed E-state index contributed by atoms with van der Waals surface area (Å²) >= 11 is 0. The van der Waals surface area contributed by atoms with Gasteiger partial charge in [0.05, 0.1) is 0 Å². The van der Waals surface area contributed by atoms with Crippen molar-refractivity contribution in [3.63, 3.8) is 0 Å². The van der Waals surface area contributed by atoms with Crippen LogP contribution in [0.4, 0.5) is 0 Å². The molecule has 2 rings (SSSR count). The molecule has 0 aliphatic heterocycles. The van der Waals surface area contributed by atoms with E-state index in [2.05, 4.69) is 11.8 Å². The van der Waals surface area contributed by atoms with Crippen LogP contribution < -0.4 is 5.73 Å². The van der Waals surface area contributed by atoms with E-state index in [9.17, 15) is 0 Å². The summed E-state index contributed by atoms with van der Waals surface area (Å²) in [4.78, 5) is 2.69. The molecule has 0 aromatic heterocycles. The van der Waals surface area contributed by atoms with E-state index in [1.165, 1.54) is 70.9 Å². The van der Waals surface area contributed by atoms with Gasteiger partial charge in [-0.1, -0.05) is 39.0 Å². The summed E-state index contributed by atoms with van der Waals surface area (Å²) in [5.74, 6) is 0.979. The normalized spacial score (nSPS) is 31.9. The van der Waals surface area contributed by atoms with Crippen LogP contribution in [-0.2, 0) is 0 Å². The lowest BCUT2D eigenvalue weighted by molar-refractivity contribution is 0.108. The zero-order chi connectivity index (χ0) is 12.1. The maximum atomic E-state index is 6.42. The first-order chi connectivity index (χ1) is 8.31. The summed E-state index contributed by atoms with van der Waals surface area (Å²) in [5, 5.41) is 0. The smallest absolute Gasteiger partial charge is 0.0247 e. The quantitative estimate of drug-likeness (QED) is 0.815. The third-order valence-electron chi connectivity index (χ3n) is 4.87. The number of nitrogens with two attached hydrogens (primary N) is 1. The molecule has 2 aliphatic rings. The zero-order valence-corrected chi connectivity index (χ0v) is 11.5. The van der Waals surface area contributed by atoms with Crippen molar-refractivity contribution in [3.05, 3.63) is 0 Å². The predicted molar refractivity (Wildman–Crippen MR) is 74.1 cm³/mol. The van der Waals surface area contributed by atoms with Crippen molar-refractivity contribution in [3.8, 4) is 0 Å². The average Bonchev–Trinajstić information content (AvgIpc) is 2.25. The molecule has 2 fully saturated rings. The fraction of sp³-hybridized carbons (Fsp3) is 1.00. The largest absolute Gasteiger partial charge is 0.326 e. The second-order valence-corrected chi connectivity index (χ2v) is 6.11. The van der Waals surface area contributed by atoms with E-state index in [-0.39, 0.29) is 0 Å². The molecule has 2 atom stereocenters. The summed E-state index contributed by atoms with van der Waals surface area (Å²) in [5.41, 5.74) is 6.42. The molecule has 0 saturated heterocycles. The molecule has 17 heavy (non-hydrogen) atoms. The minimum Gasteiger partial charge on any atom is -0.326 e. The second-order valence-electron chi connectivity index (χ2n) is 6.11. The lowest BCUT2D eigenvalue weighted by Crippen LogP contribution is -2.50. The molecule has 0 amide bonds. The summed E-state index contributed by atoms with van der Waals surface area (Å²) in [6.45, 7) is 4.81. The molecule has 2 aliphatic carbocycles. The van der Waals surface area contributed by atoms with E-state index in [0.717, 1.165) is 5.92 Å². The van der Waals surface area contributed by atoms with Gasteiger partial charge in [-0.25, -0.2) is 0 Å². The van der Waals surface area contributed by atoms with E-state index in [1.807, 2.05) is 0 Å². The van der Waals surface area contributed by atoms with Crippen molar-refractivity contribution in [2.24, 2.45) is 11.7 Å². The van der Waals surface area contributed by atoms with Crippen molar-refractivity contribution >= 4 is 0 Å². The van der Waals surface area contributed by atoms with E-state index in [1.54, 1.807) is 0 Å². The van der Waals surface area contributed by atoms with Crippen LogP contribution in [0.2, 0.25) is 0 Å². The molecular weight excluding hydrogens is 208 g/mol. The van der Waals surface area contributed by atoms with E-state index < -0.39 is 0 Å². The maximum absolute atomic E-state index is 6.42. The predicted octanol–water partition coefficient (Wildman–Crippen LogP) is 3.16. The first-order valence-corrected chi connectivity index (χ1v) is 7.81. The molecule has 0 heterocycles. The van der Waals surface area contributed by atoms with Crippen LogP contribution in [0.3, 0.4) is 0 Å². The summed E-state index contributed by atoms with van der Waals surface area (Å²) in [7, 11) is 0. The second kappa shape index (κ2) is 6.75. The van der Waals surface area contributed by atoms with Gasteiger partial charge in [0.1, 0.15) is 0 Å². The summed E-state index contributed by atoms with van der Waals surface area (Å²) in [6, 6.07) is 1.09. The van der Waals surface area contributed by atoms with Gasteiger partial charge in [0.15, 0.2) is 0 Å². The molecule has 0 aromatic rings. The monoisotopic (exact) mass is 238 g/mol. The Morgan fingerprint density at radius 2 is 1.65 bits per heavy atom. The lowest BCUT2D eigenvalue weighted by atomic mass is 9.83. The molecule has 2 N–H and O–H groups in total. The molecule has 100 valence electrons.